The Morgan fingerprint density at radius 1 is 0.788 bits per heavy atom. The lowest BCUT2D eigenvalue weighted by Gasteiger charge is -2.19. The SMILES string of the molecule is CCOc1ccc(N=CN(C(=O)c2cccc3ccccc23)c2ccc(OCC)cc2)cc1. The Kier molecular flexibility index (Phi) is 7.00. The maximum atomic E-state index is 13.7. The average Bonchev–Trinajstić information content (AvgIpc) is 2.86. The molecule has 0 saturated carbocycles. The molecule has 166 valence electrons. The number of ether oxygens (including phenoxy) is 2. The molecule has 0 aliphatic rings. The Balaban J connectivity index is 1.71. The summed E-state index contributed by atoms with van der Waals surface area (Å²) in [6.07, 6.45) is 1.56. The van der Waals surface area contributed by atoms with Gasteiger partial charge in [-0.3, -0.25) is 9.69 Å². The van der Waals surface area contributed by atoms with Crippen LogP contribution in [0.3, 0.4) is 0 Å². The summed E-state index contributed by atoms with van der Waals surface area (Å²) in [5.41, 5.74) is 2.03. The summed E-state index contributed by atoms with van der Waals surface area (Å²) < 4.78 is 11.1. The molecule has 4 aromatic rings. The van der Waals surface area contributed by atoms with E-state index in [0.717, 1.165) is 28.0 Å². The zero-order chi connectivity index (χ0) is 23.0. The van der Waals surface area contributed by atoms with Crippen LogP contribution in [0.2, 0.25) is 0 Å². The quantitative estimate of drug-likeness (QED) is 0.229. The molecule has 0 unspecified atom stereocenters. The van der Waals surface area contributed by atoms with Crippen LogP contribution in [0, 0.1) is 0 Å². The minimum atomic E-state index is -0.161. The monoisotopic (exact) mass is 438 g/mol. The molecule has 0 aromatic heterocycles. The van der Waals surface area contributed by atoms with Crippen molar-refractivity contribution >= 4 is 34.4 Å². The fourth-order valence-electron chi connectivity index (χ4n) is 3.57. The second-order valence-corrected chi connectivity index (χ2v) is 7.30. The molecule has 0 radical (unpaired) electrons. The molecule has 1 amide bonds. The van der Waals surface area contributed by atoms with Gasteiger partial charge in [-0.1, -0.05) is 36.4 Å². The van der Waals surface area contributed by atoms with Gasteiger partial charge < -0.3 is 9.47 Å². The van der Waals surface area contributed by atoms with E-state index in [1.807, 2.05) is 105 Å². The van der Waals surface area contributed by atoms with Gasteiger partial charge in [0, 0.05) is 5.56 Å². The summed E-state index contributed by atoms with van der Waals surface area (Å²) in [6, 6.07) is 28.5. The van der Waals surface area contributed by atoms with E-state index < -0.39 is 0 Å². The van der Waals surface area contributed by atoms with E-state index in [1.54, 1.807) is 11.2 Å². The topological polar surface area (TPSA) is 51.1 Å². The highest BCUT2D eigenvalue weighted by Crippen LogP contribution is 2.25. The van der Waals surface area contributed by atoms with Crippen molar-refractivity contribution in [2.75, 3.05) is 18.1 Å². The van der Waals surface area contributed by atoms with Gasteiger partial charge in [0.1, 0.15) is 17.8 Å². The second kappa shape index (κ2) is 10.5. The standard InChI is InChI=1S/C28H26N2O3/c1-3-32-24-16-12-22(13-17-24)29-20-30(23-14-18-25(19-15-23)33-4-2)28(31)27-11-7-9-21-8-5-6-10-26(21)27/h5-20H,3-4H2,1-2H3. The first-order valence-corrected chi connectivity index (χ1v) is 11.0. The lowest BCUT2D eigenvalue weighted by molar-refractivity contribution is 0.100. The van der Waals surface area contributed by atoms with Crippen LogP contribution in [-0.4, -0.2) is 25.5 Å². The Hall–Kier alpha value is -4.12. The van der Waals surface area contributed by atoms with E-state index >= 15 is 0 Å². The Morgan fingerprint density at radius 3 is 2.06 bits per heavy atom. The fraction of sp³-hybridized carbons (Fsp3) is 0.143. The highest BCUT2D eigenvalue weighted by Gasteiger charge is 2.18. The maximum absolute atomic E-state index is 13.7. The molecule has 4 aromatic carbocycles. The van der Waals surface area contributed by atoms with E-state index in [4.69, 9.17) is 9.47 Å². The molecule has 5 nitrogen and oxygen atoms in total. The fourth-order valence-corrected chi connectivity index (χ4v) is 3.57. The Bertz CT molecular complexity index is 1240. The third-order valence-corrected chi connectivity index (χ3v) is 5.13. The molecule has 0 bridgehead atoms. The number of hydrogen-bond donors (Lipinski definition) is 0. The number of rotatable bonds is 8. The largest absolute Gasteiger partial charge is 0.494 e. The number of anilines is 1. The van der Waals surface area contributed by atoms with Crippen molar-refractivity contribution in [2.24, 2.45) is 4.99 Å². The van der Waals surface area contributed by atoms with Crippen LogP contribution in [0.25, 0.3) is 10.8 Å². The van der Waals surface area contributed by atoms with Gasteiger partial charge in [-0.2, -0.15) is 0 Å². The average molecular weight is 439 g/mol. The second-order valence-electron chi connectivity index (χ2n) is 7.30. The lowest BCUT2D eigenvalue weighted by atomic mass is 10.0. The number of aliphatic imine (C=N–C) groups is 1. The molecule has 0 fully saturated rings. The Morgan fingerprint density at radius 2 is 1.39 bits per heavy atom. The first-order chi connectivity index (χ1) is 16.2. The van der Waals surface area contributed by atoms with Crippen LogP contribution in [0.15, 0.2) is 96.0 Å². The molecule has 0 aliphatic heterocycles. The molecule has 33 heavy (non-hydrogen) atoms. The van der Waals surface area contributed by atoms with Gasteiger partial charge in [-0.25, -0.2) is 4.99 Å². The lowest BCUT2D eigenvalue weighted by Crippen LogP contribution is -2.29. The van der Waals surface area contributed by atoms with E-state index in [9.17, 15) is 4.79 Å². The molecule has 0 N–H and O–H groups in total. The zero-order valence-electron chi connectivity index (χ0n) is 18.8. The number of carbonyl (C=O) groups excluding carboxylic acids is 1. The summed E-state index contributed by atoms with van der Waals surface area (Å²) in [5, 5.41) is 1.91. The van der Waals surface area contributed by atoms with Gasteiger partial charge in [0.15, 0.2) is 0 Å². The molecule has 0 spiro atoms. The third kappa shape index (κ3) is 5.21. The van der Waals surface area contributed by atoms with E-state index in [0.29, 0.717) is 24.5 Å². The van der Waals surface area contributed by atoms with Crippen molar-refractivity contribution in [3.05, 3.63) is 96.6 Å². The van der Waals surface area contributed by atoms with Crippen LogP contribution in [-0.2, 0) is 0 Å². The number of fused-ring (bicyclic) bond motifs is 1. The highest BCUT2D eigenvalue weighted by molar-refractivity contribution is 6.21. The summed E-state index contributed by atoms with van der Waals surface area (Å²) in [7, 11) is 0. The van der Waals surface area contributed by atoms with Gasteiger partial charge >= 0.3 is 0 Å². The van der Waals surface area contributed by atoms with Crippen molar-refractivity contribution in [1.82, 2.24) is 0 Å². The van der Waals surface area contributed by atoms with Gasteiger partial charge in [0.25, 0.3) is 5.91 Å². The van der Waals surface area contributed by atoms with Crippen molar-refractivity contribution in [3.63, 3.8) is 0 Å². The first kappa shape index (κ1) is 22.1. The minimum Gasteiger partial charge on any atom is -0.494 e. The molecule has 5 heteroatoms. The van der Waals surface area contributed by atoms with Crippen LogP contribution in [0.1, 0.15) is 24.2 Å². The van der Waals surface area contributed by atoms with Crippen molar-refractivity contribution in [1.29, 1.82) is 0 Å². The highest BCUT2D eigenvalue weighted by atomic mass is 16.5. The van der Waals surface area contributed by atoms with Crippen LogP contribution < -0.4 is 14.4 Å². The molecule has 4 rings (SSSR count). The molecule has 0 aliphatic carbocycles. The van der Waals surface area contributed by atoms with Crippen molar-refractivity contribution in [3.8, 4) is 11.5 Å². The van der Waals surface area contributed by atoms with Gasteiger partial charge in [0.05, 0.1) is 24.6 Å². The van der Waals surface area contributed by atoms with Gasteiger partial charge in [0.2, 0.25) is 0 Å². The van der Waals surface area contributed by atoms with Gasteiger partial charge in [-0.05, 0) is 79.2 Å². The van der Waals surface area contributed by atoms with Crippen LogP contribution >= 0.6 is 0 Å². The van der Waals surface area contributed by atoms with E-state index in [-0.39, 0.29) is 5.91 Å². The predicted octanol–water partition coefficient (Wildman–Crippen LogP) is 6.64. The normalized spacial score (nSPS) is 11.0. The number of hydrogen-bond acceptors (Lipinski definition) is 4. The molecular formula is C28H26N2O3. The molecule has 0 atom stereocenters. The predicted molar refractivity (Wildman–Crippen MR) is 134 cm³/mol. The zero-order valence-corrected chi connectivity index (χ0v) is 18.8. The van der Waals surface area contributed by atoms with E-state index in [2.05, 4.69) is 4.99 Å². The van der Waals surface area contributed by atoms with Gasteiger partial charge in [-0.15, -0.1) is 0 Å². The number of carbonyl (C=O) groups is 1. The third-order valence-electron chi connectivity index (χ3n) is 5.13. The van der Waals surface area contributed by atoms with Crippen molar-refractivity contribution in [2.45, 2.75) is 13.8 Å². The van der Waals surface area contributed by atoms with Crippen molar-refractivity contribution < 1.29 is 14.3 Å². The van der Waals surface area contributed by atoms with Crippen LogP contribution in [0.4, 0.5) is 11.4 Å². The maximum Gasteiger partial charge on any atom is 0.264 e. The molecular weight excluding hydrogens is 412 g/mol. The van der Waals surface area contributed by atoms with Crippen LogP contribution in [0.5, 0.6) is 11.5 Å². The molecule has 0 heterocycles. The molecule has 0 saturated heterocycles. The number of amides is 1. The number of nitrogens with zero attached hydrogens (tertiary/aromatic N) is 2. The summed E-state index contributed by atoms with van der Waals surface area (Å²) in [4.78, 5) is 19.8. The summed E-state index contributed by atoms with van der Waals surface area (Å²) >= 11 is 0. The minimum absolute atomic E-state index is 0.161. The number of benzene rings is 4. The Labute approximate surface area is 193 Å². The first-order valence-electron chi connectivity index (χ1n) is 11.0. The summed E-state index contributed by atoms with van der Waals surface area (Å²) in [6.45, 7) is 5.07. The smallest absolute Gasteiger partial charge is 0.264 e. The van der Waals surface area contributed by atoms with E-state index in [1.165, 1.54) is 0 Å². The summed E-state index contributed by atoms with van der Waals surface area (Å²) in [5.74, 6) is 1.37.